The Morgan fingerprint density at radius 3 is 2.89 bits per heavy atom. The lowest BCUT2D eigenvalue weighted by Gasteiger charge is -2.33. The average Bonchev–Trinajstić information content (AvgIpc) is 3.18. The van der Waals surface area contributed by atoms with Gasteiger partial charge >= 0.3 is 0 Å². The first-order valence-corrected chi connectivity index (χ1v) is 11.5. The van der Waals surface area contributed by atoms with E-state index in [1.165, 1.54) is 37.2 Å². The largest absolute Gasteiger partial charge is 0.355 e. The molecule has 0 bridgehead atoms. The molecule has 2 saturated heterocycles. The lowest BCUT2D eigenvalue weighted by molar-refractivity contribution is -0.125. The first kappa shape index (κ1) is 19.6. The number of nitrogens with one attached hydrogen (secondary N) is 1. The van der Waals surface area contributed by atoms with Gasteiger partial charge in [-0.2, -0.15) is 0 Å². The Hall–Kier alpha value is -1.73. The van der Waals surface area contributed by atoms with Gasteiger partial charge in [0, 0.05) is 31.1 Å². The molecule has 0 radical (unpaired) electrons. The summed E-state index contributed by atoms with van der Waals surface area (Å²) < 4.78 is 0. The fourth-order valence-corrected chi connectivity index (χ4v) is 5.30. The van der Waals surface area contributed by atoms with E-state index in [1.807, 2.05) is 0 Å². The van der Waals surface area contributed by atoms with Crippen molar-refractivity contribution < 1.29 is 4.79 Å². The van der Waals surface area contributed by atoms with Gasteiger partial charge in [-0.3, -0.25) is 4.79 Å². The molecule has 0 saturated carbocycles. The number of aryl methyl sites for hydroxylation is 1. The molecule has 7 heteroatoms. The maximum atomic E-state index is 12.7. The van der Waals surface area contributed by atoms with Crippen molar-refractivity contribution in [2.45, 2.75) is 45.4 Å². The number of thiophene rings is 1. The SMILES string of the molecule is CCc1cc2c(N3CCC[C@@H](C(=O)NCCN4CCCCC4)C3)ncnc2s1. The maximum Gasteiger partial charge on any atom is 0.224 e. The number of rotatable bonds is 6. The van der Waals surface area contributed by atoms with Crippen LogP contribution in [0, 0.1) is 5.92 Å². The van der Waals surface area contributed by atoms with Gasteiger partial charge in [-0.25, -0.2) is 9.97 Å². The molecular weight excluding hydrogens is 370 g/mol. The summed E-state index contributed by atoms with van der Waals surface area (Å²) in [6.07, 6.45) is 8.60. The number of aromatic nitrogens is 2. The minimum Gasteiger partial charge on any atom is -0.355 e. The monoisotopic (exact) mass is 401 g/mol. The Morgan fingerprint density at radius 2 is 2.07 bits per heavy atom. The van der Waals surface area contributed by atoms with E-state index in [0.29, 0.717) is 0 Å². The summed E-state index contributed by atoms with van der Waals surface area (Å²) in [5.41, 5.74) is 0. The van der Waals surface area contributed by atoms with Gasteiger partial charge in [0.05, 0.1) is 11.3 Å². The van der Waals surface area contributed by atoms with Crippen LogP contribution in [-0.4, -0.2) is 60.0 Å². The van der Waals surface area contributed by atoms with Crippen LogP contribution in [0.4, 0.5) is 5.82 Å². The summed E-state index contributed by atoms with van der Waals surface area (Å²) in [5.74, 6) is 1.24. The van der Waals surface area contributed by atoms with E-state index in [9.17, 15) is 4.79 Å². The lowest BCUT2D eigenvalue weighted by Crippen LogP contribution is -2.45. The van der Waals surface area contributed by atoms with Crippen molar-refractivity contribution in [1.82, 2.24) is 20.2 Å². The van der Waals surface area contributed by atoms with Crippen molar-refractivity contribution in [2.24, 2.45) is 5.92 Å². The minimum atomic E-state index is 0.0457. The van der Waals surface area contributed by atoms with Gasteiger partial charge in [0.15, 0.2) is 0 Å². The lowest BCUT2D eigenvalue weighted by atomic mass is 9.97. The van der Waals surface area contributed by atoms with Crippen molar-refractivity contribution in [3.63, 3.8) is 0 Å². The van der Waals surface area contributed by atoms with Crippen LogP contribution in [-0.2, 0) is 11.2 Å². The zero-order valence-corrected chi connectivity index (χ0v) is 17.6. The Morgan fingerprint density at radius 1 is 1.21 bits per heavy atom. The number of hydrogen-bond donors (Lipinski definition) is 1. The number of carbonyl (C=O) groups excluding carboxylic acids is 1. The standard InChI is InChI=1S/C21H31N5OS/c1-2-17-13-18-19(23-15-24-21(18)28-17)26-11-6-7-16(14-26)20(27)22-8-12-25-9-4-3-5-10-25/h13,15-16H,2-12,14H2,1H3,(H,22,27)/t16-/m1/s1. The highest BCUT2D eigenvalue weighted by atomic mass is 32.1. The maximum absolute atomic E-state index is 12.7. The molecule has 1 atom stereocenters. The van der Waals surface area contributed by atoms with Crippen LogP contribution in [0.15, 0.2) is 12.4 Å². The molecule has 0 unspecified atom stereocenters. The molecule has 2 aliphatic heterocycles. The molecule has 2 aliphatic rings. The van der Waals surface area contributed by atoms with Crippen molar-refractivity contribution in [2.75, 3.05) is 44.2 Å². The van der Waals surface area contributed by atoms with Gasteiger partial charge < -0.3 is 15.1 Å². The number of anilines is 1. The third-order valence-corrected chi connectivity index (χ3v) is 7.16. The first-order valence-electron chi connectivity index (χ1n) is 10.7. The Balaban J connectivity index is 1.36. The molecule has 0 aromatic carbocycles. The quantitative estimate of drug-likeness (QED) is 0.806. The van der Waals surface area contributed by atoms with Gasteiger partial charge in [-0.05, 0) is 51.3 Å². The number of nitrogens with zero attached hydrogens (tertiary/aromatic N) is 4. The highest BCUT2D eigenvalue weighted by Crippen LogP contribution is 2.32. The summed E-state index contributed by atoms with van der Waals surface area (Å²) in [6.45, 7) is 7.97. The van der Waals surface area contributed by atoms with E-state index in [4.69, 9.17) is 0 Å². The Kier molecular flexibility index (Phi) is 6.42. The van der Waals surface area contributed by atoms with Gasteiger partial charge in [-0.15, -0.1) is 11.3 Å². The van der Waals surface area contributed by atoms with Crippen LogP contribution in [0.3, 0.4) is 0 Å². The molecule has 0 aliphatic carbocycles. The van der Waals surface area contributed by atoms with Crippen molar-refractivity contribution in [3.8, 4) is 0 Å². The van der Waals surface area contributed by atoms with E-state index >= 15 is 0 Å². The smallest absolute Gasteiger partial charge is 0.224 e. The van der Waals surface area contributed by atoms with Gasteiger partial charge in [0.1, 0.15) is 17.0 Å². The summed E-state index contributed by atoms with van der Waals surface area (Å²) >= 11 is 1.75. The molecule has 1 N–H and O–H groups in total. The average molecular weight is 402 g/mol. The third kappa shape index (κ3) is 4.46. The number of likely N-dealkylation sites (tertiary alicyclic amines) is 1. The summed E-state index contributed by atoms with van der Waals surface area (Å²) in [6, 6.07) is 2.22. The minimum absolute atomic E-state index is 0.0457. The summed E-state index contributed by atoms with van der Waals surface area (Å²) in [7, 11) is 0. The van der Waals surface area contributed by atoms with Crippen LogP contribution in [0.2, 0.25) is 0 Å². The van der Waals surface area contributed by atoms with E-state index in [-0.39, 0.29) is 11.8 Å². The molecular formula is C21H31N5OS. The van der Waals surface area contributed by atoms with Gasteiger partial charge in [-0.1, -0.05) is 13.3 Å². The number of carbonyl (C=O) groups is 1. The van der Waals surface area contributed by atoms with Crippen molar-refractivity contribution >= 4 is 33.3 Å². The number of piperidine rings is 2. The Bertz CT molecular complexity index is 801. The first-order chi connectivity index (χ1) is 13.7. The zero-order valence-electron chi connectivity index (χ0n) is 16.8. The van der Waals surface area contributed by atoms with Crippen LogP contribution in [0.1, 0.15) is 43.9 Å². The topological polar surface area (TPSA) is 61.4 Å². The Labute approximate surface area is 171 Å². The fraction of sp³-hybridized carbons (Fsp3) is 0.667. The number of amides is 1. The van der Waals surface area contributed by atoms with Crippen LogP contribution in [0.5, 0.6) is 0 Å². The molecule has 0 spiro atoms. The predicted molar refractivity (Wildman–Crippen MR) is 115 cm³/mol. The molecule has 28 heavy (non-hydrogen) atoms. The molecule has 1 amide bonds. The summed E-state index contributed by atoms with van der Waals surface area (Å²) in [5, 5.41) is 4.32. The third-order valence-electron chi connectivity index (χ3n) is 5.98. The molecule has 4 rings (SSSR count). The fourth-order valence-electron chi connectivity index (χ4n) is 4.37. The summed E-state index contributed by atoms with van der Waals surface area (Å²) in [4.78, 5) is 28.9. The molecule has 2 fully saturated rings. The van der Waals surface area contributed by atoms with E-state index < -0.39 is 0 Å². The van der Waals surface area contributed by atoms with Gasteiger partial charge in [0.25, 0.3) is 0 Å². The predicted octanol–water partition coefficient (Wildman–Crippen LogP) is 3.07. The molecule has 6 nitrogen and oxygen atoms in total. The molecule has 2 aromatic heterocycles. The van der Waals surface area contributed by atoms with Crippen molar-refractivity contribution in [1.29, 1.82) is 0 Å². The van der Waals surface area contributed by atoms with E-state index in [0.717, 1.165) is 61.5 Å². The van der Waals surface area contributed by atoms with E-state index in [2.05, 4.69) is 38.1 Å². The number of hydrogen-bond acceptors (Lipinski definition) is 6. The van der Waals surface area contributed by atoms with Gasteiger partial charge in [0.2, 0.25) is 5.91 Å². The number of fused-ring (bicyclic) bond motifs is 1. The zero-order chi connectivity index (χ0) is 19.3. The van der Waals surface area contributed by atoms with Crippen LogP contribution in [0.25, 0.3) is 10.2 Å². The van der Waals surface area contributed by atoms with Crippen LogP contribution >= 0.6 is 11.3 Å². The molecule has 2 aromatic rings. The highest BCUT2D eigenvalue weighted by Gasteiger charge is 2.27. The second kappa shape index (κ2) is 9.18. The highest BCUT2D eigenvalue weighted by molar-refractivity contribution is 7.18. The second-order valence-electron chi connectivity index (χ2n) is 7.96. The van der Waals surface area contributed by atoms with Crippen LogP contribution < -0.4 is 10.2 Å². The molecule has 152 valence electrons. The van der Waals surface area contributed by atoms with Crippen molar-refractivity contribution in [3.05, 3.63) is 17.3 Å². The molecule has 4 heterocycles. The normalized spacial score (nSPS) is 21.2. The second-order valence-corrected chi connectivity index (χ2v) is 9.08. The van der Waals surface area contributed by atoms with E-state index in [1.54, 1.807) is 17.7 Å².